The minimum Gasteiger partial charge on any atom is -0.384 e. The zero-order chi connectivity index (χ0) is 31.6. The Morgan fingerprint density at radius 3 is 2.70 bits per heavy atom. The van der Waals surface area contributed by atoms with E-state index in [0.29, 0.717) is 69.1 Å². The van der Waals surface area contributed by atoms with Gasteiger partial charge in [-0.25, -0.2) is 18.7 Å². The Morgan fingerprint density at radius 2 is 1.85 bits per heavy atom. The van der Waals surface area contributed by atoms with Crippen LogP contribution in [0.5, 0.6) is 0 Å². The predicted molar refractivity (Wildman–Crippen MR) is 178 cm³/mol. The molecule has 0 aliphatic heterocycles. The fourth-order valence-corrected chi connectivity index (χ4v) is 6.34. The van der Waals surface area contributed by atoms with Crippen molar-refractivity contribution in [1.82, 2.24) is 40.3 Å². The van der Waals surface area contributed by atoms with Crippen molar-refractivity contribution in [3.05, 3.63) is 78.3 Å². The molecular weight excluding hydrogens is 584 g/mol. The summed E-state index contributed by atoms with van der Waals surface area (Å²) in [5.41, 5.74) is 6.49. The van der Waals surface area contributed by atoms with Gasteiger partial charge in [-0.1, -0.05) is 12.8 Å². The number of halogens is 2. The molecule has 1 aliphatic rings. The van der Waals surface area contributed by atoms with Gasteiger partial charge in [0, 0.05) is 72.1 Å². The number of aromatic nitrogens is 6. The quantitative estimate of drug-likeness (QED) is 0.127. The Hall–Kier alpha value is -4.74. The maximum absolute atomic E-state index is 15.4. The van der Waals surface area contributed by atoms with Gasteiger partial charge < -0.3 is 20.5 Å². The number of rotatable bonds is 11. The first-order valence-corrected chi connectivity index (χ1v) is 15.8. The monoisotopic (exact) mass is 621 g/mol. The fourth-order valence-electron chi connectivity index (χ4n) is 6.34. The van der Waals surface area contributed by atoms with Crippen molar-refractivity contribution < 1.29 is 8.78 Å². The van der Waals surface area contributed by atoms with Crippen LogP contribution in [0.25, 0.3) is 55.8 Å². The van der Waals surface area contributed by atoms with Crippen molar-refractivity contribution in [3.8, 4) is 33.8 Å². The van der Waals surface area contributed by atoms with Crippen LogP contribution >= 0.6 is 0 Å². The van der Waals surface area contributed by atoms with Crippen LogP contribution in [0.1, 0.15) is 31.2 Å². The molecule has 0 bridgehead atoms. The van der Waals surface area contributed by atoms with E-state index in [1.54, 1.807) is 18.5 Å². The summed E-state index contributed by atoms with van der Waals surface area (Å²) in [5.74, 6) is 0.504. The maximum atomic E-state index is 15.4. The van der Waals surface area contributed by atoms with Crippen molar-refractivity contribution >= 4 is 27.8 Å². The summed E-state index contributed by atoms with van der Waals surface area (Å²) in [6.45, 7) is 3.18. The lowest BCUT2D eigenvalue weighted by Crippen LogP contribution is -2.20. The highest BCUT2D eigenvalue weighted by Gasteiger charge is 2.19. The zero-order valence-electron chi connectivity index (χ0n) is 26.0. The highest BCUT2D eigenvalue weighted by molar-refractivity contribution is 5.97. The number of imidazole rings is 1. The Bertz CT molecular complexity index is 1990. The van der Waals surface area contributed by atoms with Crippen molar-refractivity contribution in [2.75, 3.05) is 39.0 Å². The molecule has 7 rings (SSSR count). The van der Waals surface area contributed by atoms with Crippen molar-refractivity contribution in [2.45, 2.75) is 32.2 Å². The second-order valence-electron chi connectivity index (χ2n) is 12.4. The molecule has 9 nitrogen and oxygen atoms in total. The smallest absolute Gasteiger partial charge is 0.178 e. The van der Waals surface area contributed by atoms with Crippen LogP contribution in [0.2, 0.25) is 0 Å². The van der Waals surface area contributed by atoms with Gasteiger partial charge in [-0.3, -0.25) is 10.1 Å². The van der Waals surface area contributed by atoms with E-state index in [1.165, 1.54) is 43.9 Å². The number of anilines is 1. The van der Waals surface area contributed by atoms with E-state index >= 15 is 4.39 Å². The number of fused-ring (bicyclic) bond motifs is 2. The summed E-state index contributed by atoms with van der Waals surface area (Å²) >= 11 is 0. The van der Waals surface area contributed by atoms with Gasteiger partial charge in [-0.15, -0.1) is 0 Å². The normalized spacial score (nSPS) is 13.8. The van der Waals surface area contributed by atoms with E-state index in [0.717, 1.165) is 30.1 Å². The van der Waals surface area contributed by atoms with Crippen molar-refractivity contribution in [3.63, 3.8) is 0 Å². The van der Waals surface area contributed by atoms with Gasteiger partial charge in [0.25, 0.3) is 0 Å². The number of pyridine rings is 2. The van der Waals surface area contributed by atoms with Crippen LogP contribution in [0.3, 0.4) is 0 Å². The van der Waals surface area contributed by atoms with Gasteiger partial charge in [0.2, 0.25) is 0 Å². The molecule has 46 heavy (non-hydrogen) atoms. The molecule has 1 saturated carbocycles. The number of aromatic amines is 2. The third-order valence-corrected chi connectivity index (χ3v) is 8.71. The minimum atomic E-state index is -0.366. The van der Waals surface area contributed by atoms with Crippen LogP contribution in [0.15, 0.2) is 61.1 Å². The van der Waals surface area contributed by atoms with Gasteiger partial charge in [-0.2, -0.15) is 5.10 Å². The van der Waals surface area contributed by atoms with E-state index in [2.05, 4.69) is 40.7 Å². The molecule has 1 aliphatic carbocycles. The molecule has 4 heterocycles. The number of hydrogen-bond donors (Lipinski definition) is 4. The second kappa shape index (κ2) is 12.9. The van der Waals surface area contributed by atoms with Gasteiger partial charge in [0.1, 0.15) is 17.3 Å². The Balaban J connectivity index is 1.19. The molecule has 2 aromatic carbocycles. The Labute approximate surface area is 265 Å². The van der Waals surface area contributed by atoms with Crippen LogP contribution in [-0.4, -0.2) is 68.8 Å². The Morgan fingerprint density at radius 1 is 0.978 bits per heavy atom. The minimum absolute atomic E-state index is 0.342. The lowest BCUT2D eigenvalue weighted by Gasteiger charge is -2.13. The summed E-state index contributed by atoms with van der Waals surface area (Å²) in [6.07, 6.45) is 10.4. The molecule has 11 heteroatoms. The first-order chi connectivity index (χ1) is 22.4. The SMILES string of the molecule is CN(C)CCNc1cc(F)cc(-c2ccnc3nc(-c4n[nH]c5cc(F)c(-c6cncc(CNCC7CCCC7)c6)cc45)[nH]c23)c1. The molecule has 0 radical (unpaired) electrons. The number of hydrogen-bond acceptors (Lipinski definition) is 7. The molecule has 0 atom stereocenters. The lowest BCUT2D eigenvalue weighted by atomic mass is 10.0. The van der Waals surface area contributed by atoms with Gasteiger partial charge in [0.05, 0.1) is 11.0 Å². The average molecular weight is 622 g/mol. The number of benzene rings is 2. The molecular formula is C35H37F2N9. The maximum Gasteiger partial charge on any atom is 0.178 e. The summed E-state index contributed by atoms with van der Waals surface area (Å²) in [5, 5.41) is 15.0. The Kier molecular flexibility index (Phi) is 8.42. The standard InChI is InChI=1S/C35H37F2N9/c1-46(2)10-9-40-26-13-23(12-25(36)14-26)27-7-8-41-34-32(27)42-35(43-34)33-29-15-28(30(37)16-31(29)44-45-33)24-11-22(19-39-20-24)18-38-17-21-5-3-4-6-21/h7-8,11-16,19-21,38,40H,3-6,9-10,17-18H2,1-2H3,(H,44,45)(H,41,42,43). The summed E-state index contributed by atoms with van der Waals surface area (Å²) in [4.78, 5) is 19.0. The van der Waals surface area contributed by atoms with E-state index in [-0.39, 0.29) is 11.6 Å². The highest BCUT2D eigenvalue weighted by Crippen LogP contribution is 2.35. The first-order valence-electron chi connectivity index (χ1n) is 15.8. The molecule has 0 unspecified atom stereocenters. The third kappa shape index (κ3) is 6.33. The zero-order valence-corrected chi connectivity index (χ0v) is 26.0. The van der Waals surface area contributed by atoms with Crippen LogP contribution in [-0.2, 0) is 6.54 Å². The molecule has 236 valence electrons. The van der Waals surface area contributed by atoms with Crippen LogP contribution in [0, 0.1) is 17.6 Å². The number of H-pyrrole nitrogens is 2. The lowest BCUT2D eigenvalue weighted by molar-refractivity contribution is 0.425. The summed E-state index contributed by atoms with van der Waals surface area (Å²) < 4.78 is 30.2. The molecule has 1 fully saturated rings. The van der Waals surface area contributed by atoms with Gasteiger partial charge >= 0.3 is 0 Å². The topological polar surface area (TPSA) is 110 Å². The predicted octanol–water partition coefficient (Wildman–Crippen LogP) is 6.76. The van der Waals surface area contributed by atoms with Gasteiger partial charge in [-0.05, 0) is 86.9 Å². The largest absolute Gasteiger partial charge is 0.384 e. The van der Waals surface area contributed by atoms with E-state index in [9.17, 15) is 4.39 Å². The number of likely N-dealkylation sites (N-methyl/N-ethyl adjacent to an activating group) is 1. The third-order valence-electron chi connectivity index (χ3n) is 8.71. The van der Waals surface area contributed by atoms with E-state index in [4.69, 9.17) is 4.98 Å². The fraction of sp³-hybridized carbons (Fsp3) is 0.314. The average Bonchev–Trinajstić information content (AvgIpc) is 3.80. The van der Waals surface area contributed by atoms with E-state index < -0.39 is 0 Å². The highest BCUT2D eigenvalue weighted by atomic mass is 19.1. The molecule has 0 amide bonds. The number of nitrogens with zero attached hydrogens (tertiary/aromatic N) is 5. The second-order valence-corrected chi connectivity index (χ2v) is 12.4. The van der Waals surface area contributed by atoms with Crippen LogP contribution < -0.4 is 10.6 Å². The summed E-state index contributed by atoms with van der Waals surface area (Å²) in [7, 11) is 3.99. The van der Waals surface area contributed by atoms with Crippen molar-refractivity contribution in [2.24, 2.45) is 5.92 Å². The molecule has 4 aromatic heterocycles. The summed E-state index contributed by atoms with van der Waals surface area (Å²) in [6, 6.07) is 12.0. The van der Waals surface area contributed by atoms with E-state index in [1.807, 2.05) is 38.5 Å². The molecule has 0 spiro atoms. The first kappa shape index (κ1) is 29.9. The van der Waals surface area contributed by atoms with Crippen LogP contribution in [0.4, 0.5) is 14.5 Å². The molecule has 6 aromatic rings. The molecule has 0 saturated heterocycles. The molecule has 4 N–H and O–H groups in total. The van der Waals surface area contributed by atoms with Crippen molar-refractivity contribution in [1.29, 1.82) is 0 Å². The van der Waals surface area contributed by atoms with Gasteiger partial charge in [0.15, 0.2) is 11.5 Å². The number of nitrogens with one attached hydrogen (secondary N) is 4.